The predicted octanol–water partition coefficient (Wildman–Crippen LogP) is 2.74. The van der Waals surface area contributed by atoms with Crippen molar-refractivity contribution in [3.05, 3.63) is 53.7 Å². The number of methoxy groups -OCH3 is 1. The number of rotatable bonds is 5. The Hall–Kier alpha value is -3.07. The normalized spacial score (nSPS) is 23.1. The second-order valence-electron chi connectivity index (χ2n) is 7.56. The Balaban J connectivity index is 1.36. The Labute approximate surface area is 165 Å². The number of nitriles is 1. The molecule has 1 saturated heterocycles. The number of nitrogens with one attached hydrogen (secondary N) is 1. The first-order chi connectivity index (χ1) is 13.7. The Morgan fingerprint density at radius 1 is 1.36 bits per heavy atom. The summed E-state index contributed by atoms with van der Waals surface area (Å²) in [5.41, 5.74) is 1.46. The van der Waals surface area contributed by atoms with Crippen molar-refractivity contribution < 1.29 is 9.53 Å². The largest absolute Gasteiger partial charge is 0.497 e. The van der Waals surface area contributed by atoms with Crippen molar-refractivity contribution in [1.29, 1.82) is 5.26 Å². The molecule has 28 heavy (non-hydrogen) atoms. The highest BCUT2D eigenvalue weighted by Gasteiger charge is 2.47. The second kappa shape index (κ2) is 7.89. The van der Waals surface area contributed by atoms with Gasteiger partial charge in [0.05, 0.1) is 7.11 Å². The molecule has 4 rings (SSSR count). The number of aromatic nitrogens is 1. The maximum absolute atomic E-state index is 12.7. The number of benzene rings is 1. The molecule has 1 aromatic carbocycles. The SMILES string of the molecule is COc1cccc(CNC(=O)[C@@H]2C[C@H]3CCN(c4cccc(C#N)n4)C[C@H]32)c1. The number of hydrogen-bond acceptors (Lipinski definition) is 5. The number of fused-ring (bicyclic) bond motifs is 1. The minimum absolute atomic E-state index is 0.0533. The molecule has 6 nitrogen and oxygen atoms in total. The Kier molecular flexibility index (Phi) is 5.16. The molecule has 1 aliphatic heterocycles. The van der Waals surface area contributed by atoms with Gasteiger partial charge in [0.15, 0.2) is 0 Å². The van der Waals surface area contributed by atoms with Gasteiger partial charge in [-0.05, 0) is 54.5 Å². The molecule has 1 amide bonds. The summed E-state index contributed by atoms with van der Waals surface area (Å²) in [5, 5.41) is 12.2. The van der Waals surface area contributed by atoms with E-state index in [1.54, 1.807) is 13.2 Å². The number of amides is 1. The lowest BCUT2D eigenvalue weighted by molar-refractivity contribution is -0.134. The number of carbonyl (C=O) groups is 1. The number of ether oxygens (including phenoxy) is 1. The molecule has 2 fully saturated rings. The van der Waals surface area contributed by atoms with Gasteiger partial charge in [-0.15, -0.1) is 0 Å². The average molecular weight is 376 g/mol. The van der Waals surface area contributed by atoms with Crippen LogP contribution >= 0.6 is 0 Å². The van der Waals surface area contributed by atoms with Crippen LogP contribution < -0.4 is 15.0 Å². The Morgan fingerprint density at radius 2 is 2.21 bits per heavy atom. The molecule has 3 atom stereocenters. The van der Waals surface area contributed by atoms with Crippen LogP contribution in [-0.2, 0) is 11.3 Å². The zero-order chi connectivity index (χ0) is 19.5. The fourth-order valence-electron chi connectivity index (χ4n) is 4.36. The molecule has 0 unspecified atom stereocenters. The average Bonchev–Trinajstić information content (AvgIpc) is 2.73. The summed E-state index contributed by atoms with van der Waals surface area (Å²) in [5.74, 6) is 2.78. The van der Waals surface area contributed by atoms with E-state index in [1.165, 1.54) is 0 Å². The van der Waals surface area contributed by atoms with Gasteiger partial charge in [0.1, 0.15) is 23.3 Å². The maximum atomic E-state index is 12.7. The number of anilines is 1. The quantitative estimate of drug-likeness (QED) is 0.868. The van der Waals surface area contributed by atoms with Crippen molar-refractivity contribution >= 4 is 11.7 Å². The van der Waals surface area contributed by atoms with Crippen LogP contribution in [0.1, 0.15) is 24.1 Å². The van der Waals surface area contributed by atoms with Crippen molar-refractivity contribution in [2.24, 2.45) is 17.8 Å². The lowest BCUT2D eigenvalue weighted by Crippen LogP contribution is -2.55. The van der Waals surface area contributed by atoms with Crippen LogP contribution in [0.3, 0.4) is 0 Å². The lowest BCUT2D eigenvalue weighted by Gasteiger charge is -2.50. The van der Waals surface area contributed by atoms with E-state index in [4.69, 9.17) is 10.00 Å². The van der Waals surface area contributed by atoms with Gasteiger partial charge >= 0.3 is 0 Å². The number of nitrogens with zero attached hydrogens (tertiary/aromatic N) is 3. The summed E-state index contributed by atoms with van der Waals surface area (Å²) in [7, 11) is 1.64. The van der Waals surface area contributed by atoms with Crippen molar-refractivity contribution in [3.63, 3.8) is 0 Å². The van der Waals surface area contributed by atoms with Crippen LogP contribution in [0.25, 0.3) is 0 Å². The summed E-state index contributed by atoms with van der Waals surface area (Å²) in [6, 6.07) is 15.4. The highest BCUT2D eigenvalue weighted by atomic mass is 16.5. The third-order valence-electron chi connectivity index (χ3n) is 5.99. The summed E-state index contributed by atoms with van der Waals surface area (Å²) < 4.78 is 5.24. The third kappa shape index (κ3) is 3.65. The van der Waals surface area contributed by atoms with Gasteiger partial charge < -0.3 is 15.0 Å². The molecule has 2 aliphatic rings. The van der Waals surface area contributed by atoms with Crippen LogP contribution in [0.15, 0.2) is 42.5 Å². The van der Waals surface area contributed by atoms with E-state index in [1.807, 2.05) is 36.4 Å². The summed E-state index contributed by atoms with van der Waals surface area (Å²) in [6.07, 6.45) is 2.04. The third-order valence-corrected chi connectivity index (χ3v) is 5.99. The highest BCUT2D eigenvalue weighted by Crippen LogP contribution is 2.46. The molecule has 2 aromatic rings. The molecule has 6 heteroatoms. The Morgan fingerprint density at radius 3 is 3.04 bits per heavy atom. The van der Waals surface area contributed by atoms with Crippen molar-refractivity contribution in [3.8, 4) is 11.8 Å². The van der Waals surface area contributed by atoms with Gasteiger partial charge in [0, 0.05) is 25.6 Å². The van der Waals surface area contributed by atoms with E-state index in [2.05, 4.69) is 21.3 Å². The molecular weight excluding hydrogens is 352 g/mol. The number of piperidine rings is 1. The topological polar surface area (TPSA) is 78.2 Å². The summed E-state index contributed by atoms with van der Waals surface area (Å²) in [4.78, 5) is 19.4. The molecule has 1 aromatic heterocycles. The van der Waals surface area contributed by atoms with Crippen LogP contribution in [0, 0.1) is 29.1 Å². The fourth-order valence-corrected chi connectivity index (χ4v) is 4.36. The zero-order valence-corrected chi connectivity index (χ0v) is 16.0. The van der Waals surface area contributed by atoms with E-state index in [0.29, 0.717) is 24.1 Å². The minimum Gasteiger partial charge on any atom is -0.497 e. The number of hydrogen-bond donors (Lipinski definition) is 1. The molecule has 1 saturated carbocycles. The first-order valence-corrected chi connectivity index (χ1v) is 9.70. The molecule has 0 spiro atoms. The first kappa shape index (κ1) is 18.3. The van der Waals surface area contributed by atoms with Gasteiger partial charge in [0.2, 0.25) is 5.91 Å². The van der Waals surface area contributed by atoms with Crippen molar-refractivity contribution in [2.45, 2.75) is 19.4 Å². The molecule has 144 valence electrons. The van der Waals surface area contributed by atoms with E-state index < -0.39 is 0 Å². The van der Waals surface area contributed by atoms with Gasteiger partial charge in [-0.3, -0.25) is 4.79 Å². The molecule has 0 radical (unpaired) electrons. The first-order valence-electron chi connectivity index (χ1n) is 9.70. The molecule has 1 aliphatic carbocycles. The van der Waals surface area contributed by atoms with Gasteiger partial charge in [-0.25, -0.2) is 4.98 Å². The molecular formula is C22H24N4O2. The highest BCUT2D eigenvalue weighted by molar-refractivity contribution is 5.80. The number of carbonyl (C=O) groups excluding carboxylic acids is 1. The lowest BCUT2D eigenvalue weighted by atomic mass is 9.61. The van der Waals surface area contributed by atoms with Gasteiger partial charge in [-0.1, -0.05) is 18.2 Å². The predicted molar refractivity (Wildman–Crippen MR) is 106 cm³/mol. The zero-order valence-electron chi connectivity index (χ0n) is 16.0. The van der Waals surface area contributed by atoms with E-state index in [-0.39, 0.29) is 11.8 Å². The smallest absolute Gasteiger partial charge is 0.223 e. The molecule has 2 heterocycles. The molecule has 1 N–H and O–H groups in total. The van der Waals surface area contributed by atoms with Crippen molar-refractivity contribution in [1.82, 2.24) is 10.3 Å². The second-order valence-corrected chi connectivity index (χ2v) is 7.56. The van der Waals surface area contributed by atoms with Crippen LogP contribution in [-0.4, -0.2) is 31.1 Å². The van der Waals surface area contributed by atoms with Crippen LogP contribution in [0.4, 0.5) is 5.82 Å². The minimum atomic E-state index is 0.0533. The number of pyridine rings is 1. The monoisotopic (exact) mass is 376 g/mol. The van der Waals surface area contributed by atoms with Gasteiger partial charge in [-0.2, -0.15) is 5.26 Å². The van der Waals surface area contributed by atoms with E-state index >= 15 is 0 Å². The van der Waals surface area contributed by atoms with Crippen LogP contribution in [0.5, 0.6) is 5.75 Å². The van der Waals surface area contributed by atoms with E-state index in [0.717, 1.165) is 43.1 Å². The Bertz CT molecular complexity index is 907. The fraction of sp³-hybridized carbons (Fsp3) is 0.409. The molecule has 0 bridgehead atoms. The van der Waals surface area contributed by atoms with Gasteiger partial charge in [0.25, 0.3) is 0 Å². The standard InChI is InChI=1S/C22H24N4O2/c1-28-18-6-2-4-15(10-18)13-24-22(27)19-11-16-8-9-26(14-20(16)19)21-7-3-5-17(12-23)25-21/h2-7,10,16,19-20H,8-9,11,13-14H2,1H3,(H,24,27)/t16-,19-,20-/m1/s1. The summed E-state index contributed by atoms with van der Waals surface area (Å²) >= 11 is 0. The van der Waals surface area contributed by atoms with Crippen LogP contribution in [0.2, 0.25) is 0 Å². The van der Waals surface area contributed by atoms with E-state index in [9.17, 15) is 4.79 Å². The summed E-state index contributed by atoms with van der Waals surface area (Å²) in [6.45, 7) is 2.27. The van der Waals surface area contributed by atoms with Crippen molar-refractivity contribution in [2.75, 3.05) is 25.1 Å². The maximum Gasteiger partial charge on any atom is 0.223 e.